The lowest BCUT2D eigenvalue weighted by Gasteiger charge is -2.16. The van der Waals surface area contributed by atoms with Gasteiger partial charge in [-0.1, -0.05) is 63.6 Å². The van der Waals surface area contributed by atoms with Crippen LogP contribution in [0.15, 0.2) is 36.9 Å². The predicted octanol–water partition coefficient (Wildman–Crippen LogP) is 4.95. The first-order chi connectivity index (χ1) is 7.15. The van der Waals surface area contributed by atoms with Gasteiger partial charge in [-0.15, -0.1) is 6.58 Å². The molecule has 1 aromatic rings. The Balaban J connectivity index is 0.000000921. The zero-order valence-electron chi connectivity index (χ0n) is 10.7. The minimum Gasteiger partial charge on any atom is -0.102 e. The molecule has 0 saturated heterocycles. The van der Waals surface area contributed by atoms with E-state index in [1.807, 2.05) is 19.9 Å². The second kappa shape index (κ2) is 7.28. The van der Waals surface area contributed by atoms with E-state index in [0.29, 0.717) is 11.8 Å². The Morgan fingerprint density at radius 2 is 1.53 bits per heavy atom. The fraction of sp³-hybridized carbons (Fsp3) is 0.467. The maximum absolute atomic E-state index is 3.88. The van der Waals surface area contributed by atoms with Crippen LogP contribution in [0.2, 0.25) is 0 Å². The Bertz CT molecular complexity index is 267. The first-order valence-corrected chi connectivity index (χ1v) is 5.84. The van der Waals surface area contributed by atoms with E-state index < -0.39 is 0 Å². The summed E-state index contributed by atoms with van der Waals surface area (Å²) in [5.74, 6) is 1.11. The van der Waals surface area contributed by atoms with Crippen molar-refractivity contribution in [2.75, 3.05) is 0 Å². The smallest absolute Gasteiger partial charge is 0.00383 e. The van der Waals surface area contributed by atoms with Crippen LogP contribution in [0.25, 0.3) is 0 Å². The summed E-state index contributed by atoms with van der Waals surface area (Å²) in [6.07, 6.45) is 2.04. The summed E-state index contributed by atoms with van der Waals surface area (Å²) in [4.78, 5) is 0. The van der Waals surface area contributed by atoms with E-state index in [1.54, 1.807) is 0 Å². The van der Waals surface area contributed by atoms with Gasteiger partial charge in [0.05, 0.1) is 0 Å². The minimum atomic E-state index is 0.487. The van der Waals surface area contributed by atoms with Gasteiger partial charge in [-0.2, -0.15) is 0 Å². The third-order valence-corrected chi connectivity index (χ3v) is 2.43. The number of aryl methyl sites for hydroxylation is 1. The SMILES string of the molecule is C=CC(c1ccc(C)cc1)C(C)C.CC. The molecule has 1 unspecified atom stereocenters. The van der Waals surface area contributed by atoms with Crippen molar-refractivity contribution in [2.24, 2.45) is 5.92 Å². The van der Waals surface area contributed by atoms with Gasteiger partial charge >= 0.3 is 0 Å². The zero-order valence-corrected chi connectivity index (χ0v) is 10.7. The van der Waals surface area contributed by atoms with Crippen LogP contribution in [-0.4, -0.2) is 0 Å². The number of hydrogen-bond acceptors (Lipinski definition) is 0. The Kier molecular flexibility index (Phi) is 6.77. The Morgan fingerprint density at radius 1 is 1.07 bits per heavy atom. The molecule has 0 saturated carbocycles. The average molecular weight is 204 g/mol. The van der Waals surface area contributed by atoms with Crippen molar-refractivity contribution in [1.29, 1.82) is 0 Å². The molecular formula is C15H24. The summed E-state index contributed by atoms with van der Waals surface area (Å²) in [6.45, 7) is 14.5. The zero-order chi connectivity index (χ0) is 11.8. The Labute approximate surface area is 95.0 Å². The second-order valence-corrected chi connectivity index (χ2v) is 3.92. The topological polar surface area (TPSA) is 0 Å². The monoisotopic (exact) mass is 204 g/mol. The van der Waals surface area contributed by atoms with Gasteiger partial charge < -0.3 is 0 Å². The molecule has 15 heavy (non-hydrogen) atoms. The van der Waals surface area contributed by atoms with Gasteiger partial charge in [0, 0.05) is 5.92 Å². The summed E-state index contributed by atoms with van der Waals surface area (Å²) < 4.78 is 0. The van der Waals surface area contributed by atoms with E-state index in [1.165, 1.54) is 11.1 Å². The van der Waals surface area contributed by atoms with Gasteiger partial charge in [-0.3, -0.25) is 0 Å². The largest absolute Gasteiger partial charge is 0.102 e. The molecule has 0 aromatic heterocycles. The van der Waals surface area contributed by atoms with E-state index in [4.69, 9.17) is 0 Å². The minimum absolute atomic E-state index is 0.487. The molecule has 0 N–H and O–H groups in total. The molecule has 0 nitrogen and oxygen atoms in total. The average Bonchev–Trinajstić information content (AvgIpc) is 2.24. The highest BCUT2D eigenvalue weighted by Gasteiger charge is 2.10. The molecule has 0 heteroatoms. The number of benzene rings is 1. The summed E-state index contributed by atoms with van der Waals surface area (Å²) in [6, 6.07) is 8.71. The molecule has 0 aliphatic heterocycles. The highest BCUT2D eigenvalue weighted by molar-refractivity contribution is 5.27. The maximum atomic E-state index is 3.88. The molecule has 1 rings (SSSR count). The van der Waals surface area contributed by atoms with Crippen molar-refractivity contribution >= 4 is 0 Å². The first kappa shape index (κ1) is 14.0. The lowest BCUT2D eigenvalue weighted by molar-refractivity contribution is 0.579. The summed E-state index contributed by atoms with van der Waals surface area (Å²) >= 11 is 0. The molecule has 0 amide bonds. The third kappa shape index (κ3) is 4.33. The molecule has 0 aliphatic carbocycles. The van der Waals surface area contributed by atoms with Gasteiger partial charge in [0.2, 0.25) is 0 Å². The molecule has 0 bridgehead atoms. The van der Waals surface area contributed by atoms with Crippen molar-refractivity contribution in [3.63, 3.8) is 0 Å². The highest BCUT2D eigenvalue weighted by atomic mass is 14.1. The van der Waals surface area contributed by atoms with Crippen LogP contribution in [0.5, 0.6) is 0 Å². The molecule has 84 valence electrons. The van der Waals surface area contributed by atoms with Crippen LogP contribution in [0, 0.1) is 12.8 Å². The third-order valence-electron chi connectivity index (χ3n) is 2.43. The molecule has 0 spiro atoms. The van der Waals surface area contributed by atoms with E-state index in [-0.39, 0.29) is 0 Å². The maximum Gasteiger partial charge on any atom is 0.00383 e. The Hall–Kier alpha value is -1.04. The molecule has 0 fully saturated rings. The molecule has 0 heterocycles. The van der Waals surface area contributed by atoms with Crippen molar-refractivity contribution in [3.05, 3.63) is 48.0 Å². The number of rotatable bonds is 3. The molecule has 0 radical (unpaired) electrons. The van der Waals surface area contributed by atoms with Crippen LogP contribution in [0.3, 0.4) is 0 Å². The van der Waals surface area contributed by atoms with Gasteiger partial charge in [0.25, 0.3) is 0 Å². The van der Waals surface area contributed by atoms with Crippen molar-refractivity contribution < 1.29 is 0 Å². The van der Waals surface area contributed by atoms with Crippen molar-refractivity contribution in [1.82, 2.24) is 0 Å². The summed E-state index contributed by atoms with van der Waals surface area (Å²) in [5.41, 5.74) is 2.69. The van der Waals surface area contributed by atoms with Crippen LogP contribution in [-0.2, 0) is 0 Å². The first-order valence-electron chi connectivity index (χ1n) is 5.84. The molecule has 1 aromatic carbocycles. The van der Waals surface area contributed by atoms with Crippen LogP contribution < -0.4 is 0 Å². The lowest BCUT2D eigenvalue weighted by Crippen LogP contribution is -2.02. The Morgan fingerprint density at radius 3 is 1.87 bits per heavy atom. The molecule has 0 aliphatic rings. The quantitative estimate of drug-likeness (QED) is 0.611. The predicted molar refractivity (Wildman–Crippen MR) is 70.3 cm³/mol. The molecular weight excluding hydrogens is 180 g/mol. The fourth-order valence-electron chi connectivity index (χ4n) is 1.58. The van der Waals surface area contributed by atoms with E-state index in [2.05, 4.69) is 51.6 Å². The van der Waals surface area contributed by atoms with E-state index >= 15 is 0 Å². The van der Waals surface area contributed by atoms with Crippen molar-refractivity contribution in [3.8, 4) is 0 Å². The van der Waals surface area contributed by atoms with Gasteiger partial charge in [0.1, 0.15) is 0 Å². The standard InChI is InChI=1S/C13H18.C2H6/c1-5-13(10(2)3)12-8-6-11(4)7-9-12;1-2/h5-10,13H,1H2,2-4H3;1-2H3. The van der Waals surface area contributed by atoms with Gasteiger partial charge in [-0.25, -0.2) is 0 Å². The van der Waals surface area contributed by atoms with Crippen LogP contribution >= 0.6 is 0 Å². The normalized spacial score (nSPS) is 11.6. The number of allylic oxidation sites excluding steroid dienone is 1. The van der Waals surface area contributed by atoms with Gasteiger partial charge in [-0.05, 0) is 18.4 Å². The van der Waals surface area contributed by atoms with Crippen molar-refractivity contribution in [2.45, 2.75) is 40.5 Å². The van der Waals surface area contributed by atoms with Gasteiger partial charge in [0.15, 0.2) is 0 Å². The van der Waals surface area contributed by atoms with E-state index in [0.717, 1.165) is 0 Å². The second-order valence-electron chi connectivity index (χ2n) is 3.92. The summed E-state index contributed by atoms with van der Waals surface area (Å²) in [7, 11) is 0. The fourth-order valence-corrected chi connectivity index (χ4v) is 1.58. The number of hydrogen-bond donors (Lipinski definition) is 0. The molecule has 1 atom stereocenters. The lowest BCUT2D eigenvalue weighted by atomic mass is 9.88. The van der Waals surface area contributed by atoms with E-state index in [9.17, 15) is 0 Å². The van der Waals surface area contributed by atoms with Crippen LogP contribution in [0.1, 0.15) is 44.7 Å². The summed E-state index contributed by atoms with van der Waals surface area (Å²) in [5, 5.41) is 0. The highest BCUT2D eigenvalue weighted by Crippen LogP contribution is 2.25. The van der Waals surface area contributed by atoms with Crippen LogP contribution in [0.4, 0.5) is 0 Å².